The molecule has 24 heavy (non-hydrogen) atoms. The van der Waals surface area contributed by atoms with Crippen molar-refractivity contribution in [3.05, 3.63) is 88.7 Å². The van der Waals surface area contributed by atoms with Gasteiger partial charge in [-0.05, 0) is 31.5 Å². The maximum absolute atomic E-state index is 12.7. The summed E-state index contributed by atoms with van der Waals surface area (Å²) in [7, 11) is 0. The Kier molecular flexibility index (Phi) is 4.29. The lowest BCUT2D eigenvalue weighted by atomic mass is 9.99. The standard InChI is InChI=1S/C20H18N2O2/c1-13-17(19(23)15-9-5-3-6-10-15)14(2)21-18(13)20(24)22-16-11-7-4-8-12-16/h3-12,21H,1-2H3,(H,22,24). The summed E-state index contributed by atoms with van der Waals surface area (Å²) in [5, 5.41) is 2.84. The van der Waals surface area contributed by atoms with Crippen molar-refractivity contribution in [2.24, 2.45) is 0 Å². The van der Waals surface area contributed by atoms with Gasteiger partial charge in [0.25, 0.3) is 5.91 Å². The Hall–Kier alpha value is -3.14. The van der Waals surface area contributed by atoms with Crippen molar-refractivity contribution in [3.63, 3.8) is 0 Å². The Morgan fingerprint density at radius 1 is 0.875 bits per heavy atom. The molecule has 0 fully saturated rings. The molecule has 4 nitrogen and oxygen atoms in total. The molecule has 3 rings (SSSR count). The Morgan fingerprint density at radius 3 is 2.08 bits per heavy atom. The van der Waals surface area contributed by atoms with E-state index >= 15 is 0 Å². The van der Waals surface area contributed by atoms with Gasteiger partial charge in [-0.3, -0.25) is 9.59 Å². The van der Waals surface area contributed by atoms with E-state index in [-0.39, 0.29) is 11.7 Å². The highest BCUT2D eigenvalue weighted by Gasteiger charge is 2.22. The summed E-state index contributed by atoms with van der Waals surface area (Å²) in [6, 6.07) is 18.3. The molecule has 1 amide bonds. The van der Waals surface area contributed by atoms with Gasteiger partial charge in [0.2, 0.25) is 0 Å². The zero-order chi connectivity index (χ0) is 17.1. The summed E-state index contributed by atoms with van der Waals surface area (Å²) in [6.07, 6.45) is 0. The number of hydrogen-bond donors (Lipinski definition) is 2. The number of rotatable bonds is 4. The zero-order valence-electron chi connectivity index (χ0n) is 13.6. The van der Waals surface area contributed by atoms with Crippen molar-refractivity contribution in [3.8, 4) is 0 Å². The van der Waals surface area contributed by atoms with Crippen LogP contribution in [0, 0.1) is 13.8 Å². The molecule has 0 aliphatic rings. The van der Waals surface area contributed by atoms with Gasteiger partial charge in [-0.15, -0.1) is 0 Å². The summed E-state index contributed by atoms with van der Waals surface area (Å²) >= 11 is 0. The van der Waals surface area contributed by atoms with E-state index in [1.807, 2.05) is 55.5 Å². The van der Waals surface area contributed by atoms with Gasteiger partial charge in [-0.25, -0.2) is 0 Å². The number of aromatic amines is 1. The number of H-pyrrole nitrogens is 1. The van der Waals surface area contributed by atoms with Crippen LogP contribution >= 0.6 is 0 Å². The van der Waals surface area contributed by atoms with E-state index in [1.165, 1.54) is 0 Å². The SMILES string of the molecule is Cc1[nH]c(C(=O)Nc2ccccc2)c(C)c1C(=O)c1ccccc1. The van der Waals surface area contributed by atoms with Crippen LogP contribution in [0.2, 0.25) is 0 Å². The van der Waals surface area contributed by atoms with Crippen LogP contribution in [0.25, 0.3) is 0 Å². The van der Waals surface area contributed by atoms with Crippen LogP contribution in [-0.2, 0) is 0 Å². The second-order valence-electron chi connectivity index (χ2n) is 5.64. The highest BCUT2D eigenvalue weighted by atomic mass is 16.2. The molecule has 2 N–H and O–H groups in total. The first-order valence-corrected chi connectivity index (χ1v) is 7.73. The monoisotopic (exact) mass is 318 g/mol. The Balaban J connectivity index is 1.92. The number of carbonyl (C=O) groups is 2. The highest BCUT2D eigenvalue weighted by Crippen LogP contribution is 2.22. The molecule has 0 spiro atoms. The van der Waals surface area contributed by atoms with E-state index in [2.05, 4.69) is 10.3 Å². The van der Waals surface area contributed by atoms with Gasteiger partial charge in [0.15, 0.2) is 5.78 Å². The predicted octanol–water partition coefficient (Wildman–Crippen LogP) is 4.11. The first-order chi connectivity index (χ1) is 11.6. The number of benzene rings is 2. The molecule has 0 unspecified atom stereocenters. The highest BCUT2D eigenvalue weighted by molar-refractivity contribution is 6.13. The largest absolute Gasteiger partial charge is 0.354 e. The first kappa shape index (κ1) is 15.7. The molecule has 0 aliphatic heterocycles. The maximum atomic E-state index is 12.7. The molecule has 0 aliphatic carbocycles. The second-order valence-corrected chi connectivity index (χ2v) is 5.64. The van der Waals surface area contributed by atoms with Crippen molar-refractivity contribution in [1.82, 2.24) is 4.98 Å². The molecule has 120 valence electrons. The molecule has 1 aromatic heterocycles. The van der Waals surface area contributed by atoms with E-state index in [0.717, 1.165) is 0 Å². The third-order valence-electron chi connectivity index (χ3n) is 3.96. The number of aryl methyl sites for hydroxylation is 1. The number of hydrogen-bond acceptors (Lipinski definition) is 2. The minimum Gasteiger partial charge on any atom is -0.354 e. The third kappa shape index (κ3) is 2.99. The minimum atomic E-state index is -0.256. The lowest BCUT2D eigenvalue weighted by Gasteiger charge is -2.05. The van der Waals surface area contributed by atoms with Crippen molar-refractivity contribution in [2.75, 3.05) is 5.32 Å². The molecular weight excluding hydrogens is 300 g/mol. The molecule has 4 heteroatoms. The minimum absolute atomic E-state index is 0.0828. The van der Waals surface area contributed by atoms with E-state index in [9.17, 15) is 9.59 Å². The quantitative estimate of drug-likeness (QED) is 0.711. The zero-order valence-corrected chi connectivity index (χ0v) is 13.6. The molecule has 0 saturated carbocycles. The molecule has 0 bridgehead atoms. The summed E-state index contributed by atoms with van der Waals surface area (Å²) in [5.41, 5.74) is 3.65. The topological polar surface area (TPSA) is 62.0 Å². The number of nitrogens with one attached hydrogen (secondary N) is 2. The number of anilines is 1. The average Bonchev–Trinajstić information content (AvgIpc) is 2.90. The van der Waals surface area contributed by atoms with Gasteiger partial charge in [-0.2, -0.15) is 0 Å². The molecule has 0 saturated heterocycles. The molecule has 1 heterocycles. The number of carbonyl (C=O) groups excluding carboxylic acids is 2. The molecular formula is C20H18N2O2. The predicted molar refractivity (Wildman–Crippen MR) is 94.5 cm³/mol. The lowest BCUT2D eigenvalue weighted by Crippen LogP contribution is -2.14. The molecule has 3 aromatic rings. The van der Waals surface area contributed by atoms with Crippen molar-refractivity contribution < 1.29 is 9.59 Å². The fourth-order valence-corrected chi connectivity index (χ4v) is 2.77. The van der Waals surface area contributed by atoms with E-state index in [0.29, 0.717) is 33.8 Å². The van der Waals surface area contributed by atoms with Gasteiger partial charge in [0, 0.05) is 22.5 Å². The smallest absolute Gasteiger partial charge is 0.272 e. The molecule has 0 radical (unpaired) electrons. The number of amides is 1. The van der Waals surface area contributed by atoms with Crippen molar-refractivity contribution in [1.29, 1.82) is 0 Å². The number of aromatic nitrogens is 1. The van der Waals surface area contributed by atoms with Crippen LogP contribution in [0.5, 0.6) is 0 Å². The normalized spacial score (nSPS) is 10.4. The second kappa shape index (κ2) is 6.54. The Bertz CT molecular complexity index is 881. The number of para-hydroxylation sites is 1. The average molecular weight is 318 g/mol. The van der Waals surface area contributed by atoms with Crippen molar-refractivity contribution in [2.45, 2.75) is 13.8 Å². The summed E-state index contributed by atoms with van der Waals surface area (Å²) < 4.78 is 0. The lowest BCUT2D eigenvalue weighted by molar-refractivity contribution is 0.102. The first-order valence-electron chi connectivity index (χ1n) is 7.73. The van der Waals surface area contributed by atoms with E-state index in [4.69, 9.17) is 0 Å². The maximum Gasteiger partial charge on any atom is 0.272 e. The van der Waals surface area contributed by atoms with Crippen LogP contribution in [-0.4, -0.2) is 16.7 Å². The summed E-state index contributed by atoms with van der Waals surface area (Å²) in [5.74, 6) is -0.338. The molecule has 2 aromatic carbocycles. The van der Waals surface area contributed by atoms with Crippen LogP contribution in [0.4, 0.5) is 5.69 Å². The van der Waals surface area contributed by atoms with Gasteiger partial charge in [-0.1, -0.05) is 48.5 Å². The van der Waals surface area contributed by atoms with E-state index in [1.54, 1.807) is 19.1 Å². The van der Waals surface area contributed by atoms with Gasteiger partial charge < -0.3 is 10.3 Å². The summed E-state index contributed by atoms with van der Waals surface area (Å²) in [6.45, 7) is 3.60. The third-order valence-corrected chi connectivity index (χ3v) is 3.96. The fourth-order valence-electron chi connectivity index (χ4n) is 2.77. The van der Waals surface area contributed by atoms with Crippen LogP contribution in [0.15, 0.2) is 60.7 Å². The summed E-state index contributed by atoms with van der Waals surface area (Å²) in [4.78, 5) is 28.3. The number of ketones is 1. The van der Waals surface area contributed by atoms with Crippen LogP contribution in [0.1, 0.15) is 37.7 Å². The Labute approximate surface area is 140 Å². The van der Waals surface area contributed by atoms with E-state index < -0.39 is 0 Å². The van der Waals surface area contributed by atoms with Crippen LogP contribution in [0.3, 0.4) is 0 Å². The van der Waals surface area contributed by atoms with Gasteiger partial charge in [0.05, 0.1) is 0 Å². The van der Waals surface area contributed by atoms with Gasteiger partial charge >= 0.3 is 0 Å². The fraction of sp³-hybridized carbons (Fsp3) is 0.100. The molecule has 0 atom stereocenters. The Morgan fingerprint density at radius 2 is 1.46 bits per heavy atom. The van der Waals surface area contributed by atoms with Crippen LogP contribution < -0.4 is 5.32 Å². The van der Waals surface area contributed by atoms with Gasteiger partial charge in [0.1, 0.15) is 5.69 Å². The van der Waals surface area contributed by atoms with Crippen molar-refractivity contribution >= 4 is 17.4 Å².